The number of furan rings is 1. The van der Waals surface area contributed by atoms with Gasteiger partial charge in [0.05, 0.1) is 19.0 Å². The van der Waals surface area contributed by atoms with Gasteiger partial charge in [-0.15, -0.1) is 11.3 Å². The van der Waals surface area contributed by atoms with Gasteiger partial charge in [0.25, 0.3) is 0 Å². The fraction of sp³-hybridized carbons (Fsp3) is 0.529. The third-order valence-electron chi connectivity index (χ3n) is 3.32. The van der Waals surface area contributed by atoms with E-state index < -0.39 is 6.10 Å². The summed E-state index contributed by atoms with van der Waals surface area (Å²) in [6, 6.07) is 8.02. The largest absolute Gasteiger partial charge is 0.467 e. The van der Waals surface area contributed by atoms with Gasteiger partial charge in [0, 0.05) is 22.8 Å². The molecule has 0 aliphatic rings. The van der Waals surface area contributed by atoms with E-state index in [1.54, 1.807) is 6.26 Å². The van der Waals surface area contributed by atoms with Gasteiger partial charge in [-0.25, -0.2) is 0 Å². The lowest BCUT2D eigenvalue weighted by Crippen LogP contribution is -2.34. The molecule has 0 bridgehead atoms. The normalized spacial score (nSPS) is 12.9. The predicted molar refractivity (Wildman–Crippen MR) is 89.0 cm³/mol. The quantitative estimate of drug-likeness (QED) is 0.727. The summed E-state index contributed by atoms with van der Waals surface area (Å²) in [5.41, 5.74) is 0. The summed E-state index contributed by atoms with van der Waals surface area (Å²) in [5.74, 6) is 0.784. The average molecular weight is 323 g/mol. The molecule has 0 fully saturated rings. The number of hydrogen-bond donors (Lipinski definition) is 1. The van der Waals surface area contributed by atoms with Gasteiger partial charge >= 0.3 is 0 Å². The van der Waals surface area contributed by atoms with Crippen molar-refractivity contribution >= 4 is 11.3 Å². The predicted octanol–water partition coefficient (Wildman–Crippen LogP) is 3.44. The fourth-order valence-electron chi connectivity index (χ4n) is 2.38. The molecule has 0 aliphatic carbocycles. The Kier molecular flexibility index (Phi) is 7.12. The number of aliphatic hydroxyl groups excluding tert-OH is 1. The van der Waals surface area contributed by atoms with Gasteiger partial charge in [-0.2, -0.15) is 0 Å². The third-order valence-corrected chi connectivity index (χ3v) is 4.30. The molecule has 22 heavy (non-hydrogen) atoms. The standard InChI is InChI=1S/C17H25NO3S/c1-3-8-18(11-17-7-6-14(2)22-17)10-15(19)12-20-13-16-5-4-9-21-16/h4-7,9,15,19H,3,8,10-13H2,1-2H3. The van der Waals surface area contributed by atoms with Gasteiger partial charge in [-0.3, -0.25) is 4.90 Å². The lowest BCUT2D eigenvalue weighted by molar-refractivity contribution is 0.00401. The van der Waals surface area contributed by atoms with Gasteiger partial charge in [-0.1, -0.05) is 6.92 Å². The summed E-state index contributed by atoms with van der Waals surface area (Å²) in [5, 5.41) is 10.2. The first-order valence-corrected chi connectivity index (χ1v) is 8.55. The number of aryl methyl sites for hydroxylation is 1. The van der Waals surface area contributed by atoms with E-state index in [2.05, 4.69) is 30.9 Å². The second kappa shape index (κ2) is 9.10. The van der Waals surface area contributed by atoms with Crippen molar-refractivity contribution in [3.8, 4) is 0 Å². The van der Waals surface area contributed by atoms with Crippen molar-refractivity contribution in [2.45, 2.75) is 39.5 Å². The van der Waals surface area contributed by atoms with Crippen molar-refractivity contribution in [2.24, 2.45) is 0 Å². The molecule has 2 aromatic heterocycles. The zero-order chi connectivity index (χ0) is 15.8. The summed E-state index contributed by atoms with van der Waals surface area (Å²) in [4.78, 5) is 4.95. The van der Waals surface area contributed by atoms with Gasteiger partial charge < -0.3 is 14.3 Å². The third kappa shape index (κ3) is 5.93. The van der Waals surface area contributed by atoms with Crippen molar-refractivity contribution < 1.29 is 14.3 Å². The van der Waals surface area contributed by atoms with Gasteiger partial charge in [-0.05, 0) is 44.2 Å². The van der Waals surface area contributed by atoms with E-state index in [9.17, 15) is 5.11 Å². The molecule has 5 heteroatoms. The van der Waals surface area contributed by atoms with Gasteiger partial charge in [0.15, 0.2) is 0 Å². The first kappa shape index (κ1) is 17.2. The number of rotatable bonds is 10. The number of hydrogen-bond acceptors (Lipinski definition) is 5. The molecule has 122 valence electrons. The van der Waals surface area contributed by atoms with Crippen LogP contribution < -0.4 is 0 Å². The van der Waals surface area contributed by atoms with Crippen LogP contribution in [0.15, 0.2) is 34.9 Å². The molecule has 0 amide bonds. The highest BCUT2D eigenvalue weighted by atomic mass is 32.1. The molecule has 0 aromatic carbocycles. The number of nitrogens with zero attached hydrogens (tertiary/aromatic N) is 1. The van der Waals surface area contributed by atoms with Gasteiger partial charge in [0.1, 0.15) is 12.4 Å². The van der Waals surface area contributed by atoms with Crippen LogP contribution in [0.2, 0.25) is 0 Å². The summed E-state index contributed by atoms with van der Waals surface area (Å²) in [6.07, 6.45) is 2.22. The molecule has 2 aromatic rings. The zero-order valence-corrected chi connectivity index (χ0v) is 14.1. The Hall–Kier alpha value is -1.14. The molecule has 0 saturated heterocycles. The molecule has 0 saturated carbocycles. The Labute approximate surface area is 136 Å². The SMILES string of the molecule is CCCN(Cc1ccc(C)s1)CC(O)COCc1ccco1. The second-order valence-corrected chi connectivity index (χ2v) is 6.87. The maximum absolute atomic E-state index is 10.2. The summed E-state index contributed by atoms with van der Waals surface area (Å²) in [7, 11) is 0. The van der Waals surface area contributed by atoms with Crippen molar-refractivity contribution in [2.75, 3.05) is 19.7 Å². The molecule has 2 heterocycles. The van der Waals surface area contributed by atoms with Crippen LogP contribution in [0.3, 0.4) is 0 Å². The van der Waals surface area contributed by atoms with Crippen LogP contribution in [0.4, 0.5) is 0 Å². The number of thiophene rings is 1. The molecule has 0 radical (unpaired) electrons. The Bertz CT molecular complexity index is 524. The highest BCUT2D eigenvalue weighted by molar-refractivity contribution is 7.11. The van der Waals surface area contributed by atoms with E-state index in [-0.39, 0.29) is 0 Å². The molecule has 2 rings (SSSR count). The summed E-state index contributed by atoms with van der Waals surface area (Å²) < 4.78 is 10.7. The zero-order valence-electron chi connectivity index (χ0n) is 13.3. The Morgan fingerprint density at radius 3 is 2.86 bits per heavy atom. The van der Waals surface area contributed by atoms with E-state index in [0.717, 1.165) is 25.3 Å². The number of aliphatic hydroxyl groups is 1. The molecular formula is C17H25NO3S. The molecule has 1 N–H and O–H groups in total. The van der Waals surface area contributed by atoms with Crippen molar-refractivity contribution in [1.82, 2.24) is 4.90 Å². The monoisotopic (exact) mass is 323 g/mol. The maximum Gasteiger partial charge on any atom is 0.129 e. The molecule has 1 unspecified atom stereocenters. The lowest BCUT2D eigenvalue weighted by Gasteiger charge is -2.24. The minimum Gasteiger partial charge on any atom is -0.467 e. The van der Waals surface area contributed by atoms with Crippen LogP contribution in [-0.4, -0.2) is 35.8 Å². The second-order valence-electron chi connectivity index (χ2n) is 5.50. The molecule has 4 nitrogen and oxygen atoms in total. The van der Waals surface area contributed by atoms with Crippen LogP contribution in [0.5, 0.6) is 0 Å². The summed E-state index contributed by atoms with van der Waals surface area (Å²) in [6.45, 7) is 7.51. The van der Waals surface area contributed by atoms with Crippen LogP contribution >= 0.6 is 11.3 Å². The minimum absolute atomic E-state index is 0.324. The van der Waals surface area contributed by atoms with Gasteiger partial charge in [0.2, 0.25) is 0 Å². The van der Waals surface area contributed by atoms with Crippen LogP contribution in [-0.2, 0) is 17.9 Å². The van der Waals surface area contributed by atoms with E-state index in [4.69, 9.17) is 9.15 Å². The highest BCUT2D eigenvalue weighted by Gasteiger charge is 2.13. The Morgan fingerprint density at radius 2 is 2.23 bits per heavy atom. The minimum atomic E-state index is -0.484. The van der Waals surface area contributed by atoms with Crippen molar-refractivity contribution in [3.05, 3.63) is 46.0 Å². The molecule has 1 atom stereocenters. The van der Waals surface area contributed by atoms with Crippen LogP contribution in [0, 0.1) is 6.92 Å². The maximum atomic E-state index is 10.2. The Morgan fingerprint density at radius 1 is 1.36 bits per heavy atom. The lowest BCUT2D eigenvalue weighted by atomic mass is 10.3. The van der Waals surface area contributed by atoms with Crippen molar-refractivity contribution in [3.63, 3.8) is 0 Å². The topological polar surface area (TPSA) is 45.8 Å². The fourth-order valence-corrected chi connectivity index (χ4v) is 3.32. The average Bonchev–Trinajstić information content (AvgIpc) is 3.11. The van der Waals surface area contributed by atoms with E-state index in [0.29, 0.717) is 19.8 Å². The van der Waals surface area contributed by atoms with Crippen LogP contribution in [0.25, 0.3) is 0 Å². The highest BCUT2D eigenvalue weighted by Crippen LogP contribution is 2.17. The smallest absolute Gasteiger partial charge is 0.129 e. The van der Waals surface area contributed by atoms with E-state index in [1.165, 1.54) is 9.75 Å². The van der Waals surface area contributed by atoms with E-state index >= 15 is 0 Å². The molecule has 0 spiro atoms. The molecular weight excluding hydrogens is 298 g/mol. The molecule has 0 aliphatic heterocycles. The first-order valence-electron chi connectivity index (χ1n) is 7.73. The first-order chi connectivity index (χ1) is 10.7. The van der Waals surface area contributed by atoms with Crippen LogP contribution in [0.1, 0.15) is 28.9 Å². The number of ether oxygens (including phenoxy) is 1. The van der Waals surface area contributed by atoms with Crippen molar-refractivity contribution in [1.29, 1.82) is 0 Å². The summed E-state index contributed by atoms with van der Waals surface area (Å²) >= 11 is 1.82. The van der Waals surface area contributed by atoms with E-state index in [1.807, 2.05) is 23.5 Å². The Balaban J connectivity index is 1.74.